The van der Waals surface area contributed by atoms with Gasteiger partial charge < -0.3 is 4.42 Å². The molecule has 1 aliphatic heterocycles. The summed E-state index contributed by atoms with van der Waals surface area (Å²) in [7, 11) is 0. The summed E-state index contributed by atoms with van der Waals surface area (Å²) in [5, 5.41) is 2.98. The summed E-state index contributed by atoms with van der Waals surface area (Å²) in [5.41, 5.74) is 1.67. The van der Waals surface area contributed by atoms with Crippen molar-refractivity contribution in [2.75, 3.05) is 5.32 Å². The SMILES string of the molecule is C[C@H](C(=O)Nc1nc(-c2ccccc2Cl)co1)N1C(=O)c2ccccc2C1=O. The molecule has 1 atom stereocenters. The molecule has 0 saturated heterocycles. The molecule has 0 radical (unpaired) electrons. The summed E-state index contributed by atoms with van der Waals surface area (Å²) in [6.45, 7) is 1.47. The summed E-state index contributed by atoms with van der Waals surface area (Å²) in [4.78, 5) is 42.7. The van der Waals surface area contributed by atoms with Gasteiger partial charge in [0.15, 0.2) is 0 Å². The normalized spacial score (nSPS) is 14.1. The second-order valence-corrected chi connectivity index (χ2v) is 6.62. The first-order valence-corrected chi connectivity index (χ1v) is 8.83. The van der Waals surface area contributed by atoms with Crippen LogP contribution in [0.5, 0.6) is 0 Å². The number of amides is 3. The largest absolute Gasteiger partial charge is 0.431 e. The lowest BCUT2D eigenvalue weighted by molar-refractivity contribution is -0.119. The van der Waals surface area contributed by atoms with Crippen LogP contribution in [0.1, 0.15) is 27.6 Å². The van der Waals surface area contributed by atoms with E-state index < -0.39 is 23.8 Å². The van der Waals surface area contributed by atoms with Gasteiger partial charge in [0.1, 0.15) is 18.0 Å². The van der Waals surface area contributed by atoms with Gasteiger partial charge in [0, 0.05) is 5.56 Å². The number of carbonyl (C=O) groups excluding carboxylic acids is 3. The van der Waals surface area contributed by atoms with E-state index in [0.29, 0.717) is 16.3 Å². The number of rotatable bonds is 4. The van der Waals surface area contributed by atoms with E-state index in [9.17, 15) is 14.4 Å². The first-order chi connectivity index (χ1) is 13.5. The van der Waals surface area contributed by atoms with Crippen LogP contribution in [0.3, 0.4) is 0 Å². The number of nitrogens with zero attached hydrogens (tertiary/aromatic N) is 2. The smallest absolute Gasteiger partial charge is 0.301 e. The number of aromatic nitrogens is 1. The molecule has 0 saturated carbocycles. The van der Waals surface area contributed by atoms with Crippen molar-refractivity contribution in [1.29, 1.82) is 0 Å². The highest BCUT2D eigenvalue weighted by atomic mass is 35.5. The van der Waals surface area contributed by atoms with E-state index in [2.05, 4.69) is 10.3 Å². The summed E-state index contributed by atoms with van der Waals surface area (Å²) in [6.07, 6.45) is 1.36. The van der Waals surface area contributed by atoms with Gasteiger partial charge in [0.25, 0.3) is 17.7 Å². The third-order valence-electron chi connectivity index (χ3n) is 4.48. The molecule has 3 aromatic rings. The van der Waals surface area contributed by atoms with Crippen molar-refractivity contribution in [1.82, 2.24) is 9.88 Å². The van der Waals surface area contributed by atoms with Crippen molar-refractivity contribution in [2.24, 2.45) is 0 Å². The molecule has 0 bridgehead atoms. The van der Waals surface area contributed by atoms with Gasteiger partial charge in [0.05, 0.1) is 16.1 Å². The lowest BCUT2D eigenvalue weighted by atomic mass is 10.1. The van der Waals surface area contributed by atoms with E-state index in [1.165, 1.54) is 13.2 Å². The lowest BCUT2D eigenvalue weighted by Crippen LogP contribution is -2.45. The molecule has 0 fully saturated rings. The third kappa shape index (κ3) is 2.95. The van der Waals surface area contributed by atoms with Crippen LogP contribution in [0, 0.1) is 0 Å². The van der Waals surface area contributed by atoms with Crippen molar-refractivity contribution in [3.05, 3.63) is 70.9 Å². The first-order valence-electron chi connectivity index (χ1n) is 8.45. The zero-order chi connectivity index (χ0) is 19.8. The average molecular weight is 396 g/mol. The predicted octanol–water partition coefficient (Wildman–Crippen LogP) is 3.62. The van der Waals surface area contributed by atoms with Gasteiger partial charge >= 0.3 is 6.01 Å². The van der Waals surface area contributed by atoms with E-state index in [1.54, 1.807) is 48.5 Å². The number of oxazole rings is 1. The molecule has 0 unspecified atom stereocenters. The molecule has 28 heavy (non-hydrogen) atoms. The molecule has 0 aliphatic carbocycles. The van der Waals surface area contributed by atoms with Crippen LogP contribution in [0.25, 0.3) is 11.3 Å². The molecule has 8 heteroatoms. The molecule has 4 rings (SSSR count). The molecule has 1 aromatic heterocycles. The lowest BCUT2D eigenvalue weighted by Gasteiger charge is -2.20. The van der Waals surface area contributed by atoms with Crippen molar-refractivity contribution < 1.29 is 18.8 Å². The molecular weight excluding hydrogens is 382 g/mol. The molecule has 140 valence electrons. The van der Waals surface area contributed by atoms with E-state index in [4.69, 9.17) is 16.0 Å². The maximum atomic E-state index is 12.6. The maximum Gasteiger partial charge on any atom is 0.301 e. The Kier molecular flexibility index (Phi) is 4.44. The second kappa shape index (κ2) is 6.94. The highest BCUT2D eigenvalue weighted by Gasteiger charge is 2.40. The van der Waals surface area contributed by atoms with Crippen LogP contribution in [-0.4, -0.2) is 33.6 Å². The number of anilines is 1. The summed E-state index contributed by atoms with van der Waals surface area (Å²) in [5.74, 6) is -1.61. The molecule has 3 amide bonds. The van der Waals surface area contributed by atoms with Crippen LogP contribution in [-0.2, 0) is 4.79 Å². The molecule has 0 spiro atoms. The molecule has 2 aromatic carbocycles. The quantitative estimate of drug-likeness (QED) is 0.681. The minimum Gasteiger partial charge on any atom is -0.431 e. The second-order valence-electron chi connectivity index (χ2n) is 6.21. The monoisotopic (exact) mass is 395 g/mol. The van der Waals surface area contributed by atoms with Crippen LogP contribution >= 0.6 is 11.6 Å². The van der Waals surface area contributed by atoms with Crippen molar-refractivity contribution in [3.8, 4) is 11.3 Å². The fourth-order valence-electron chi connectivity index (χ4n) is 3.01. The zero-order valence-electron chi connectivity index (χ0n) is 14.7. The summed E-state index contributed by atoms with van der Waals surface area (Å²) in [6, 6.07) is 12.4. The van der Waals surface area contributed by atoms with Gasteiger partial charge in [-0.1, -0.05) is 41.9 Å². The van der Waals surface area contributed by atoms with Gasteiger partial charge in [-0.2, -0.15) is 4.98 Å². The highest BCUT2D eigenvalue weighted by Crippen LogP contribution is 2.28. The number of halogens is 1. The zero-order valence-corrected chi connectivity index (χ0v) is 15.4. The Hall–Kier alpha value is -3.45. The van der Waals surface area contributed by atoms with Gasteiger partial charge in [0.2, 0.25) is 0 Å². The van der Waals surface area contributed by atoms with Gasteiger partial charge in [-0.15, -0.1) is 0 Å². The van der Waals surface area contributed by atoms with Gasteiger partial charge in [-0.25, -0.2) is 0 Å². The Bertz CT molecular complexity index is 1070. The molecule has 1 N–H and O–H groups in total. The fourth-order valence-corrected chi connectivity index (χ4v) is 3.24. The van der Waals surface area contributed by atoms with E-state index in [-0.39, 0.29) is 17.1 Å². The third-order valence-corrected chi connectivity index (χ3v) is 4.81. The Morgan fingerprint density at radius 3 is 2.21 bits per heavy atom. The molecule has 2 heterocycles. The van der Waals surface area contributed by atoms with Crippen LogP contribution < -0.4 is 5.32 Å². The Labute approximate surface area is 164 Å². The number of nitrogens with one attached hydrogen (secondary N) is 1. The van der Waals surface area contributed by atoms with Crippen molar-refractivity contribution in [2.45, 2.75) is 13.0 Å². The number of hydrogen-bond acceptors (Lipinski definition) is 5. The molecule has 7 nitrogen and oxygen atoms in total. The topological polar surface area (TPSA) is 92.5 Å². The van der Waals surface area contributed by atoms with Crippen LogP contribution in [0.2, 0.25) is 5.02 Å². The Balaban J connectivity index is 1.51. The Morgan fingerprint density at radius 2 is 1.61 bits per heavy atom. The number of carbonyl (C=O) groups is 3. The number of imide groups is 1. The van der Waals surface area contributed by atoms with Crippen molar-refractivity contribution in [3.63, 3.8) is 0 Å². The number of benzene rings is 2. The number of hydrogen-bond donors (Lipinski definition) is 1. The predicted molar refractivity (Wildman–Crippen MR) is 102 cm³/mol. The van der Waals surface area contributed by atoms with Gasteiger partial charge in [-0.05, 0) is 25.1 Å². The minimum absolute atomic E-state index is 0.0524. The highest BCUT2D eigenvalue weighted by molar-refractivity contribution is 6.33. The maximum absolute atomic E-state index is 12.6. The Morgan fingerprint density at radius 1 is 1.04 bits per heavy atom. The molecular formula is C20H14ClN3O4. The number of fused-ring (bicyclic) bond motifs is 1. The van der Waals surface area contributed by atoms with E-state index in [1.807, 2.05) is 0 Å². The van der Waals surface area contributed by atoms with Crippen molar-refractivity contribution >= 4 is 35.3 Å². The van der Waals surface area contributed by atoms with Crippen LogP contribution in [0.4, 0.5) is 6.01 Å². The van der Waals surface area contributed by atoms with Gasteiger partial charge in [-0.3, -0.25) is 24.6 Å². The first kappa shape index (κ1) is 17.9. The minimum atomic E-state index is -1.04. The summed E-state index contributed by atoms with van der Waals surface area (Å²) < 4.78 is 5.28. The van der Waals surface area contributed by atoms with E-state index in [0.717, 1.165) is 4.90 Å². The average Bonchev–Trinajstić information content (AvgIpc) is 3.25. The summed E-state index contributed by atoms with van der Waals surface area (Å²) >= 11 is 6.14. The van der Waals surface area contributed by atoms with Crippen LogP contribution in [0.15, 0.2) is 59.2 Å². The fraction of sp³-hybridized carbons (Fsp3) is 0.100. The van der Waals surface area contributed by atoms with E-state index >= 15 is 0 Å². The molecule has 1 aliphatic rings. The standard InChI is InChI=1S/C20H14ClN3O4/c1-11(24-18(26)12-6-2-3-7-13(12)19(24)27)17(25)23-20-22-16(10-28-20)14-8-4-5-9-15(14)21/h2-11H,1H3,(H,22,23,25)/t11-/m1/s1.